The molecule has 0 rings (SSSR count). The van der Waals surface area contributed by atoms with Crippen LogP contribution in [0.1, 0.15) is 335 Å². The van der Waals surface area contributed by atoms with Crippen LogP contribution in [0.25, 0.3) is 0 Å². The number of ether oxygens (including phenoxy) is 3. The van der Waals surface area contributed by atoms with E-state index in [9.17, 15) is 14.4 Å². The van der Waals surface area contributed by atoms with Gasteiger partial charge in [-0.25, -0.2) is 0 Å². The number of allylic oxidation sites excluding steroid dienone is 4. The van der Waals surface area contributed by atoms with Crippen molar-refractivity contribution in [1.29, 1.82) is 0 Å². The molecule has 0 aliphatic carbocycles. The summed E-state index contributed by atoms with van der Waals surface area (Å²) in [7, 11) is 0. The molecule has 0 saturated heterocycles. The highest BCUT2D eigenvalue weighted by atomic mass is 16.6. The minimum Gasteiger partial charge on any atom is -0.462 e. The quantitative estimate of drug-likeness (QED) is 0.0262. The molecule has 0 aromatic heterocycles. The lowest BCUT2D eigenvalue weighted by atomic mass is 10.0. The molecule has 0 saturated carbocycles. The van der Waals surface area contributed by atoms with Gasteiger partial charge in [0.25, 0.3) is 0 Å². The Morgan fingerprint density at radius 1 is 0.279 bits per heavy atom. The van der Waals surface area contributed by atoms with Gasteiger partial charge in [0.15, 0.2) is 6.10 Å². The summed E-state index contributed by atoms with van der Waals surface area (Å²) in [6.45, 7) is 6.67. The van der Waals surface area contributed by atoms with Gasteiger partial charge in [0.2, 0.25) is 0 Å². The second kappa shape index (κ2) is 57.5. The molecule has 0 spiro atoms. The second-order valence-corrected chi connectivity index (χ2v) is 20.6. The van der Waals surface area contributed by atoms with E-state index in [2.05, 4.69) is 45.1 Å². The van der Waals surface area contributed by atoms with Crippen LogP contribution in [0.4, 0.5) is 0 Å². The summed E-state index contributed by atoms with van der Waals surface area (Å²) in [6, 6.07) is 0. The lowest BCUT2D eigenvalue weighted by Crippen LogP contribution is -2.30. The van der Waals surface area contributed by atoms with Crippen LogP contribution in [-0.2, 0) is 28.6 Å². The lowest BCUT2D eigenvalue weighted by molar-refractivity contribution is -0.167. The van der Waals surface area contributed by atoms with Gasteiger partial charge < -0.3 is 14.2 Å². The molecule has 0 fully saturated rings. The normalized spacial score (nSPS) is 12.1. The summed E-state index contributed by atoms with van der Waals surface area (Å²) in [4.78, 5) is 38.1. The van der Waals surface area contributed by atoms with Crippen LogP contribution >= 0.6 is 0 Å². The molecule has 0 N–H and O–H groups in total. The monoisotopic (exact) mass is 957 g/mol. The van der Waals surface area contributed by atoms with Gasteiger partial charge in [0.1, 0.15) is 13.2 Å². The Labute approximate surface area is 423 Å². The molecule has 1 unspecified atom stereocenters. The van der Waals surface area contributed by atoms with Crippen molar-refractivity contribution in [3.8, 4) is 0 Å². The smallest absolute Gasteiger partial charge is 0.306 e. The van der Waals surface area contributed by atoms with E-state index in [1.165, 1.54) is 231 Å². The highest BCUT2D eigenvalue weighted by Crippen LogP contribution is 2.17. The van der Waals surface area contributed by atoms with E-state index in [1.807, 2.05) is 0 Å². The maximum absolute atomic E-state index is 12.8. The number of rotatable bonds is 56. The summed E-state index contributed by atoms with van der Waals surface area (Å²) in [5.41, 5.74) is 0. The van der Waals surface area contributed by atoms with Crippen molar-refractivity contribution in [2.75, 3.05) is 13.2 Å². The Hall–Kier alpha value is -2.11. The van der Waals surface area contributed by atoms with E-state index >= 15 is 0 Å². The average molecular weight is 958 g/mol. The topological polar surface area (TPSA) is 78.9 Å². The molecular formula is C62H116O6. The minimum absolute atomic E-state index is 0.0703. The number of hydrogen-bond acceptors (Lipinski definition) is 6. The molecule has 0 radical (unpaired) electrons. The highest BCUT2D eigenvalue weighted by molar-refractivity contribution is 5.71. The zero-order valence-corrected chi connectivity index (χ0v) is 45.9. The van der Waals surface area contributed by atoms with Crippen LogP contribution in [0.5, 0.6) is 0 Å². The minimum atomic E-state index is -0.772. The molecule has 6 heteroatoms. The Bertz CT molecular complexity index is 1100. The summed E-state index contributed by atoms with van der Waals surface area (Å²) < 4.78 is 16.9. The number of carbonyl (C=O) groups excluding carboxylic acids is 3. The Morgan fingerprint density at radius 3 is 0.735 bits per heavy atom. The predicted molar refractivity (Wildman–Crippen MR) is 293 cm³/mol. The molecule has 1 atom stereocenters. The van der Waals surface area contributed by atoms with Crippen molar-refractivity contribution < 1.29 is 28.6 Å². The van der Waals surface area contributed by atoms with Crippen LogP contribution in [0.15, 0.2) is 24.3 Å². The number of unbranched alkanes of at least 4 members (excludes halogenated alkanes) is 41. The number of esters is 3. The van der Waals surface area contributed by atoms with Crippen LogP contribution in [0.2, 0.25) is 0 Å². The maximum Gasteiger partial charge on any atom is 0.306 e. The van der Waals surface area contributed by atoms with Crippen LogP contribution in [-0.4, -0.2) is 37.2 Å². The van der Waals surface area contributed by atoms with Crippen molar-refractivity contribution in [2.45, 2.75) is 341 Å². The third-order valence-electron chi connectivity index (χ3n) is 13.7. The zero-order valence-electron chi connectivity index (χ0n) is 45.9. The SMILES string of the molecule is CCCCCCCCC/C=C\CCCCCCCC(=O)OC(COC(=O)CCCCCCCCCCCCC)COC(=O)CCCCCCCCCCCCC/C=C\CCCCCCCCCC. The molecule has 0 aromatic rings. The predicted octanol–water partition coefficient (Wildman–Crippen LogP) is 20.3. The summed E-state index contributed by atoms with van der Waals surface area (Å²) in [5.74, 6) is -0.860. The van der Waals surface area contributed by atoms with Crippen molar-refractivity contribution in [1.82, 2.24) is 0 Å². The van der Waals surface area contributed by atoms with Crippen LogP contribution in [0, 0.1) is 0 Å². The van der Waals surface area contributed by atoms with E-state index in [0.29, 0.717) is 19.3 Å². The van der Waals surface area contributed by atoms with E-state index in [-0.39, 0.29) is 31.1 Å². The van der Waals surface area contributed by atoms with Gasteiger partial charge in [0, 0.05) is 19.3 Å². The van der Waals surface area contributed by atoms with Crippen molar-refractivity contribution in [3.05, 3.63) is 24.3 Å². The zero-order chi connectivity index (χ0) is 49.3. The standard InChI is InChI=1S/C62H116O6/c1-4-7-10-13-16-19-22-24-26-28-29-30-31-32-33-34-36-37-40-43-46-49-52-55-61(64)67-58-59(57-66-60(63)54-51-48-45-42-39-21-18-15-12-9-6-3)68-62(65)56-53-50-47-44-41-38-35-27-25-23-20-17-14-11-8-5-2/h27-29,35,59H,4-26,30-34,36-58H2,1-3H3/b29-28-,35-27-. The molecule has 68 heavy (non-hydrogen) atoms. The van der Waals surface area contributed by atoms with Gasteiger partial charge in [-0.3, -0.25) is 14.4 Å². The summed E-state index contributed by atoms with van der Waals surface area (Å²) >= 11 is 0. The molecule has 0 aromatic carbocycles. The molecule has 0 aliphatic heterocycles. The molecule has 0 heterocycles. The molecular weight excluding hydrogens is 841 g/mol. The van der Waals surface area contributed by atoms with Gasteiger partial charge in [-0.15, -0.1) is 0 Å². The van der Waals surface area contributed by atoms with Crippen molar-refractivity contribution in [3.63, 3.8) is 0 Å². The Morgan fingerprint density at radius 2 is 0.485 bits per heavy atom. The van der Waals surface area contributed by atoms with E-state index in [0.717, 1.165) is 64.2 Å². The molecule has 6 nitrogen and oxygen atoms in total. The van der Waals surface area contributed by atoms with Crippen LogP contribution in [0.3, 0.4) is 0 Å². The second-order valence-electron chi connectivity index (χ2n) is 20.6. The van der Waals surface area contributed by atoms with E-state index < -0.39 is 6.10 Å². The first kappa shape index (κ1) is 65.9. The van der Waals surface area contributed by atoms with E-state index in [4.69, 9.17) is 14.2 Å². The fourth-order valence-corrected chi connectivity index (χ4v) is 9.08. The van der Waals surface area contributed by atoms with Crippen molar-refractivity contribution in [2.24, 2.45) is 0 Å². The fourth-order valence-electron chi connectivity index (χ4n) is 9.08. The average Bonchev–Trinajstić information content (AvgIpc) is 3.34. The first-order valence-corrected chi connectivity index (χ1v) is 30.3. The molecule has 0 bridgehead atoms. The lowest BCUT2D eigenvalue weighted by Gasteiger charge is -2.18. The summed E-state index contributed by atoms with van der Waals surface area (Å²) in [6.07, 6.45) is 67.5. The Kier molecular flexibility index (Phi) is 55.7. The van der Waals surface area contributed by atoms with Crippen LogP contribution < -0.4 is 0 Å². The highest BCUT2D eigenvalue weighted by Gasteiger charge is 2.19. The third-order valence-corrected chi connectivity index (χ3v) is 13.7. The first-order chi connectivity index (χ1) is 33.5. The number of carbonyl (C=O) groups is 3. The molecule has 400 valence electrons. The van der Waals surface area contributed by atoms with Crippen molar-refractivity contribution >= 4 is 17.9 Å². The third kappa shape index (κ3) is 54.8. The number of hydrogen-bond donors (Lipinski definition) is 0. The Balaban J connectivity index is 4.24. The van der Waals surface area contributed by atoms with Gasteiger partial charge in [-0.2, -0.15) is 0 Å². The largest absolute Gasteiger partial charge is 0.462 e. The van der Waals surface area contributed by atoms with Gasteiger partial charge in [-0.05, 0) is 70.6 Å². The fraction of sp³-hybridized carbons (Fsp3) is 0.887. The van der Waals surface area contributed by atoms with E-state index in [1.54, 1.807) is 0 Å². The maximum atomic E-state index is 12.8. The molecule has 0 aliphatic rings. The van der Waals surface area contributed by atoms with Gasteiger partial charge in [0.05, 0.1) is 0 Å². The van der Waals surface area contributed by atoms with Gasteiger partial charge >= 0.3 is 17.9 Å². The first-order valence-electron chi connectivity index (χ1n) is 30.3. The molecule has 0 amide bonds. The van der Waals surface area contributed by atoms with Gasteiger partial charge in [-0.1, -0.05) is 270 Å². The summed E-state index contributed by atoms with van der Waals surface area (Å²) in [5, 5.41) is 0.